The second kappa shape index (κ2) is 12.0. The maximum atomic E-state index is 2.35. The quantitative estimate of drug-likeness (QED) is 0.515. The number of hydrogen-bond donors (Lipinski definition) is 0. The van der Waals surface area contributed by atoms with Crippen molar-refractivity contribution in [1.82, 2.24) is 0 Å². The van der Waals surface area contributed by atoms with Crippen molar-refractivity contribution in [2.75, 3.05) is 0 Å². The van der Waals surface area contributed by atoms with Crippen LogP contribution >= 0.6 is 0 Å². The van der Waals surface area contributed by atoms with Gasteiger partial charge in [-0.25, -0.2) is 0 Å². The van der Waals surface area contributed by atoms with Gasteiger partial charge in [0.2, 0.25) is 0 Å². The molecule has 0 atom stereocenters. The minimum Gasteiger partial charge on any atom is -0.0837 e. The van der Waals surface area contributed by atoms with E-state index in [0.29, 0.717) is 0 Å². The van der Waals surface area contributed by atoms with Gasteiger partial charge >= 0.3 is 0 Å². The Hall–Kier alpha value is -1.04. The molecule has 0 bridgehead atoms. The predicted molar refractivity (Wildman–Crippen MR) is 89.5 cm³/mol. The summed E-state index contributed by atoms with van der Waals surface area (Å²) in [5.74, 6) is 0.881. The van der Waals surface area contributed by atoms with Gasteiger partial charge in [-0.2, -0.15) is 0 Å². The summed E-state index contributed by atoms with van der Waals surface area (Å²) < 4.78 is 0. The second-order valence-corrected chi connectivity index (χ2v) is 4.99. The fraction of sp³-hybridized carbons (Fsp3) is 0.579. The summed E-state index contributed by atoms with van der Waals surface area (Å²) >= 11 is 0. The van der Waals surface area contributed by atoms with Crippen LogP contribution in [0.3, 0.4) is 0 Å². The van der Waals surface area contributed by atoms with E-state index in [-0.39, 0.29) is 0 Å². The zero-order valence-corrected chi connectivity index (χ0v) is 13.6. The average molecular weight is 260 g/mol. The second-order valence-electron chi connectivity index (χ2n) is 4.99. The fourth-order valence-electron chi connectivity index (χ4n) is 2.27. The van der Waals surface area contributed by atoms with Gasteiger partial charge in [0.05, 0.1) is 0 Å². The van der Waals surface area contributed by atoms with Crippen molar-refractivity contribution in [2.24, 2.45) is 5.92 Å². The Morgan fingerprint density at radius 1 is 0.947 bits per heavy atom. The molecule has 0 fully saturated rings. The van der Waals surface area contributed by atoms with Gasteiger partial charge in [0.1, 0.15) is 0 Å². The Balaban J connectivity index is 0.00000154. The molecule has 0 nitrogen and oxygen atoms in total. The summed E-state index contributed by atoms with van der Waals surface area (Å²) in [4.78, 5) is 0. The van der Waals surface area contributed by atoms with Gasteiger partial charge < -0.3 is 0 Å². The van der Waals surface area contributed by atoms with Crippen molar-refractivity contribution in [3.63, 3.8) is 0 Å². The summed E-state index contributed by atoms with van der Waals surface area (Å²) in [6, 6.07) is 8.74. The lowest BCUT2D eigenvalue weighted by atomic mass is 9.94. The molecule has 108 valence electrons. The van der Waals surface area contributed by atoms with E-state index < -0.39 is 0 Å². The van der Waals surface area contributed by atoms with Gasteiger partial charge in [0, 0.05) is 0 Å². The summed E-state index contributed by atoms with van der Waals surface area (Å²) in [6.07, 6.45) is 11.2. The molecule has 0 heterocycles. The third kappa shape index (κ3) is 8.64. The molecular weight excluding hydrogens is 228 g/mol. The highest BCUT2D eigenvalue weighted by atomic mass is 14.1. The molecule has 0 saturated carbocycles. The van der Waals surface area contributed by atoms with Crippen LogP contribution in [-0.2, 0) is 0 Å². The van der Waals surface area contributed by atoms with Gasteiger partial charge in [0.25, 0.3) is 0 Å². The fourth-order valence-corrected chi connectivity index (χ4v) is 2.27. The molecule has 0 aliphatic rings. The van der Waals surface area contributed by atoms with Gasteiger partial charge in [-0.1, -0.05) is 95.4 Å². The standard InChI is InChI=1S/C17H26.C2H6/c1-4-7-16(8-5-2)9-6-10-17-13-11-15(3)12-14-17;1-2/h6,10-14,16H,4-5,7-9H2,1-3H3;1-2H3/b10-6-;. The van der Waals surface area contributed by atoms with Crippen LogP contribution in [0.1, 0.15) is 70.9 Å². The lowest BCUT2D eigenvalue weighted by Crippen LogP contribution is -1.97. The van der Waals surface area contributed by atoms with E-state index in [9.17, 15) is 0 Å². The van der Waals surface area contributed by atoms with E-state index in [1.807, 2.05) is 13.8 Å². The molecule has 1 aromatic carbocycles. The summed E-state index contributed by atoms with van der Waals surface area (Å²) in [7, 11) is 0. The molecule has 0 amide bonds. The Morgan fingerprint density at radius 3 is 1.95 bits per heavy atom. The highest BCUT2D eigenvalue weighted by Crippen LogP contribution is 2.18. The molecule has 0 aliphatic heterocycles. The molecule has 19 heavy (non-hydrogen) atoms. The topological polar surface area (TPSA) is 0 Å². The van der Waals surface area contributed by atoms with Crippen molar-refractivity contribution in [1.29, 1.82) is 0 Å². The molecule has 0 heteroatoms. The van der Waals surface area contributed by atoms with Gasteiger partial charge in [0.15, 0.2) is 0 Å². The first-order valence-electron chi connectivity index (χ1n) is 7.99. The van der Waals surface area contributed by atoms with Crippen molar-refractivity contribution in [3.05, 3.63) is 41.5 Å². The van der Waals surface area contributed by atoms with E-state index in [1.54, 1.807) is 0 Å². The normalized spacial score (nSPS) is 10.6. The first-order chi connectivity index (χ1) is 9.26. The summed E-state index contributed by atoms with van der Waals surface area (Å²) in [6.45, 7) is 10.7. The Morgan fingerprint density at radius 2 is 1.47 bits per heavy atom. The largest absolute Gasteiger partial charge is 0.0837 e. The van der Waals surface area contributed by atoms with E-state index in [4.69, 9.17) is 0 Å². The molecule has 0 unspecified atom stereocenters. The zero-order valence-electron chi connectivity index (χ0n) is 13.6. The maximum Gasteiger partial charge on any atom is -0.0260 e. The molecule has 0 aliphatic carbocycles. The molecule has 0 N–H and O–H groups in total. The van der Waals surface area contributed by atoms with E-state index in [1.165, 1.54) is 43.2 Å². The first kappa shape index (κ1) is 18.0. The zero-order chi connectivity index (χ0) is 14.5. The monoisotopic (exact) mass is 260 g/mol. The third-order valence-corrected chi connectivity index (χ3v) is 3.25. The third-order valence-electron chi connectivity index (χ3n) is 3.25. The van der Waals surface area contributed by atoms with Crippen LogP contribution in [0.5, 0.6) is 0 Å². The number of aryl methyl sites for hydroxylation is 1. The van der Waals surface area contributed by atoms with E-state index in [2.05, 4.69) is 57.2 Å². The highest BCUT2D eigenvalue weighted by Gasteiger charge is 2.03. The molecule has 0 radical (unpaired) electrons. The number of benzene rings is 1. The molecule has 0 saturated heterocycles. The Bertz CT molecular complexity index is 312. The van der Waals surface area contributed by atoms with Crippen molar-refractivity contribution >= 4 is 6.08 Å². The minimum absolute atomic E-state index is 0.881. The Kier molecular flexibility index (Phi) is 11.4. The van der Waals surface area contributed by atoms with Gasteiger partial charge in [-0.3, -0.25) is 0 Å². The first-order valence-corrected chi connectivity index (χ1v) is 7.99. The van der Waals surface area contributed by atoms with Crippen LogP contribution in [0.25, 0.3) is 6.08 Å². The molecule has 0 spiro atoms. The van der Waals surface area contributed by atoms with Crippen LogP contribution in [0.4, 0.5) is 0 Å². The number of allylic oxidation sites excluding steroid dienone is 1. The SMILES string of the molecule is CC.CCCC(C/C=C\c1ccc(C)cc1)CCC. The number of rotatable bonds is 7. The molecule has 0 aromatic heterocycles. The summed E-state index contributed by atoms with van der Waals surface area (Å²) in [5.41, 5.74) is 2.65. The summed E-state index contributed by atoms with van der Waals surface area (Å²) in [5, 5.41) is 0. The lowest BCUT2D eigenvalue weighted by Gasteiger charge is -2.12. The van der Waals surface area contributed by atoms with Crippen LogP contribution in [-0.4, -0.2) is 0 Å². The van der Waals surface area contributed by atoms with Crippen LogP contribution < -0.4 is 0 Å². The Labute approximate surface area is 120 Å². The van der Waals surface area contributed by atoms with Crippen LogP contribution in [0.2, 0.25) is 0 Å². The average Bonchev–Trinajstić information content (AvgIpc) is 2.44. The smallest absolute Gasteiger partial charge is 0.0260 e. The molecular formula is C19H32. The van der Waals surface area contributed by atoms with Crippen LogP contribution in [0, 0.1) is 12.8 Å². The van der Waals surface area contributed by atoms with Crippen molar-refractivity contribution in [3.8, 4) is 0 Å². The molecule has 1 rings (SSSR count). The van der Waals surface area contributed by atoms with Crippen molar-refractivity contribution in [2.45, 2.75) is 66.7 Å². The van der Waals surface area contributed by atoms with Gasteiger partial charge in [-0.05, 0) is 24.8 Å². The maximum absolute atomic E-state index is 2.35. The predicted octanol–water partition coefficient (Wildman–Crippen LogP) is 6.64. The highest BCUT2D eigenvalue weighted by molar-refractivity contribution is 5.49. The van der Waals surface area contributed by atoms with E-state index in [0.717, 1.165) is 5.92 Å². The van der Waals surface area contributed by atoms with Crippen molar-refractivity contribution < 1.29 is 0 Å². The van der Waals surface area contributed by atoms with Crippen LogP contribution in [0.15, 0.2) is 30.3 Å². The van der Waals surface area contributed by atoms with Gasteiger partial charge in [-0.15, -0.1) is 0 Å². The minimum atomic E-state index is 0.881. The number of hydrogen-bond acceptors (Lipinski definition) is 0. The van der Waals surface area contributed by atoms with E-state index >= 15 is 0 Å². The molecule has 1 aromatic rings. The lowest BCUT2D eigenvalue weighted by molar-refractivity contribution is 0.446.